The van der Waals surface area contributed by atoms with Crippen molar-refractivity contribution < 1.29 is 14.5 Å². The highest BCUT2D eigenvalue weighted by Crippen LogP contribution is 2.24. The predicted molar refractivity (Wildman–Crippen MR) is 77.6 cm³/mol. The van der Waals surface area contributed by atoms with Gasteiger partial charge in [0.25, 0.3) is 11.6 Å². The third-order valence-electron chi connectivity index (χ3n) is 3.60. The van der Waals surface area contributed by atoms with Gasteiger partial charge in [-0.2, -0.15) is 0 Å². The lowest BCUT2D eigenvalue weighted by Gasteiger charge is -2.28. The van der Waals surface area contributed by atoms with E-state index in [2.05, 4.69) is 17.6 Å². The standard InChI is InChI=1S/C14H19N3O4/c1-9-7-10(5-6-15-9)16-14(18)12-8-11(17(19)20)3-4-13(12)21-2/h3-4,8-10,15H,5-7H2,1-2H3,(H,16,18). The molecule has 2 N–H and O–H groups in total. The first-order chi connectivity index (χ1) is 10.0. The Balaban J connectivity index is 2.17. The van der Waals surface area contributed by atoms with Gasteiger partial charge in [-0.15, -0.1) is 0 Å². The third kappa shape index (κ3) is 3.69. The number of methoxy groups -OCH3 is 1. The molecule has 1 aromatic rings. The van der Waals surface area contributed by atoms with E-state index in [-0.39, 0.29) is 23.2 Å². The van der Waals surface area contributed by atoms with Gasteiger partial charge in [0, 0.05) is 24.2 Å². The van der Waals surface area contributed by atoms with Gasteiger partial charge in [0.2, 0.25) is 0 Å². The molecule has 2 rings (SSSR count). The van der Waals surface area contributed by atoms with Gasteiger partial charge < -0.3 is 15.4 Å². The number of benzene rings is 1. The Bertz CT molecular complexity index is 547. The number of amides is 1. The summed E-state index contributed by atoms with van der Waals surface area (Å²) >= 11 is 0. The van der Waals surface area contributed by atoms with Crippen molar-refractivity contribution >= 4 is 11.6 Å². The van der Waals surface area contributed by atoms with E-state index in [4.69, 9.17) is 4.74 Å². The second kappa shape index (κ2) is 6.53. The van der Waals surface area contributed by atoms with E-state index in [0.29, 0.717) is 11.8 Å². The number of nitrogens with zero attached hydrogens (tertiary/aromatic N) is 1. The van der Waals surface area contributed by atoms with Gasteiger partial charge in [-0.05, 0) is 32.4 Å². The zero-order valence-corrected chi connectivity index (χ0v) is 12.1. The lowest BCUT2D eigenvalue weighted by Crippen LogP contribution is -2.46. The Hall–Kier alpha value is -2.15. The molecule has 2 unspecified atom stereocenters. The molecule has 0 aromatic heterocycles. The molecule has 0 saturated carbocycles. The van der Waals surface area contributed by atoms with Crippen LogP contribution in [-0.4, -0.2) is 36.6 Å². The van der Waals surface area contributed by atoms with Gasteiger partial charge in [0.1, 0.15) is 5.75 Å². The molecule has 0 radical (unpaired) electrons. The molecule has 2 atom stereocenters. The average molecular weight is 293 g/mol. The molecule has 1 fully saturated rings. The Labute approximate surface area is 122 Å². The summed E-state index contributed by atoms with van der Waals surface area (Å²) < 4.78 is 5.12. The van der Waals surface area contributed by atoms with Crippen molar-refractivity contribution in [2.75, 3.05) is 13.7 Å². The molecule has 1 amide bonds. The Kier molecular flexibility index (Phi) is 4.74. The van der Waals surface area contributed by atoms with Crippen molar-refractivity contribution in [1.82, 2.24) is 10.6 Å². The summed E-state index contributed by atoms with van der Waals surface area (Å²) in [4.78, 5) is 22.6. The van der Waals surface area contributed by atoms with E-state index < -0.39 is 4.92 Å². The molecule has 0 spiro atoms. The number of carbonyl (C=O) groups is 1. The van der Waals surface area contributed by atoms with Crippen molar-refractivity contribution in [2.45, 2.75) is 31.8 Å². The number of non-ortho nitro benzene ring substituents is 1. The number of rotatable bonds is 4. The molecular weight excluding hydrogens is 274 g/mol. The van der Waals surface area contributed by atoms with E-state index in [0.717, 1.165) is 19.4 Å². The van der Waals surface area contributed by atoms with Gasteiger partial charge in [0.15, 0.2) is 0 Å². The minimum Gasteiger partial charge on any atom is -0.496 e. The molecule has 1 heterocycles. The molecule has 0 bridgehead atoms. The van der Waals surface area contributed by atoms with Crippen LogP contribution in [0.4, 0.5) is 5.69 Å². The van der Waals surface area contributed by atoms with E-state index in [9.17, 15) is 14.9 Å². The predicted octanol–water partition coefficient (Wildman–Crippen LogP) is 1.47. The Morgan fingerprint density at radius 2 is 2.29 bits per heavy atom. The summed E-state index contributed by atoms with van der Waals surface area (Å²) in [6, 6.07) is 4.42. The zero-order valence-electron chi connectivity index (χ0n) is 12.1. The molecule has 1 aliphatic rings. The SMILES string of the molecule is COc1ccc([N+](=O)[O-])cc1C(=O)NC1CCNC(C)C1. The number of ether oxygens (including phenoxy) is 1. The number of hydrogen-bond acceptors (Lipinski definition) is 5. The number of nitro benzene ring substituents is 1. The second-order valence-electron chi connectivity index (χ2n) is 5.19. The van der Waals surface area contributed by atoms with Crippen LogP contribution >= 0.6 is 0 Å². The maximum Gasteiger partial charge on any atom is 0.270 e. The van der Waals surface area contributed by atoms with E-state index >= 15 is 0 Å². The first-order valence-electron chi connectivity index (χ1n) is 6.88. The molecule has 21 heavy (non-hydrogen) atoms. The summed E-state index contributed by atoms with van der Waals surface area (Å²) in [7, 11) is 1.44. The molecule has 7 heteroatoms. The van der Waals surface area contributed by atoms with Crippen LogP contribution < -0.4 is 15.4 Å². The number of nitrogens with one attached hydrogen (secondary N) is 2. The van der Waals surface area contributed by atoms with E-state index in [1.165, 1.54) is 25.3 Å². The summed E-state index contributed by atoms with van der Waals surface area (Å²) in [5.41, 5.74) is 0.0671. The molecule has 1 aliphatic heterocycles. The van der Waals surface area contributed by atoms with Crippen LogP contribution in [0.15, 0.2) is 18.2 Å². The van der Waals surface area contributed by atoms with Gasteiger partial charge in [-0.1, -0.05) is 0 Å². The number of nitro groups is 1. The first-order valence-corrected chi connectivity index (χ1v) is 6.88. The lowest BCUT2D eigenvalue weighted by atomic mass is 10.00. The maximum atomic E-state index is 12.3. The topological polar surface area (TPSA) is 93.5 Å². The molecule has 114 valence electrons. The molecule has 0 aliphatic carbocycles. The lowest BCUT2D eigenvalue weighted by molar-refractivity contribution is -0.384. The maximum absolute atomic E-state index is 12.3. The minimum absolute atomic E-state index is 0.0673. The van der Waals surface area contributed by atoms with Crippen LogP contribution in [0, 0.1) is 10.1 Å². The average Bonchev–Trinajstić information content (AvgIpc) is 2.46. The monoisotopic (exact) mass is 293 g/mol. The molecular formula is C14H19N3O4. The summed E-state index contributed by atoms with van der Waals surface area (Å²) in [5.74, 6) is -0.00488. The fourth-order valence-corrected chi connectivity index (χ4v) is 2.51. The minimum atomic E-state index is -0.525. The largest absolute Gasteiger partial charge is 0.496 e. The Morgan fingerprint density at radius 1 is 1.52 bits per heavy atom. The fraction of sp³-hybridized carbons (Fsp3) is 0.500. The van der Waals surface area contributed by atoms with Gasteiger partial charge in [0.05, 0.1) is 17.6 Å². The number of hydrogen-bond donors (Lipinski definition) is 2. The van der Waals surface area contributed by atoms with Crippen molar-refractivity contribution in [3.8, 4) is 5.75 Å². The molecule has 1 saturated heterocycles. The van der Waals surface area contributed by atoms with Gasteiger partial charge in [-0.25, -0.2) is 0 Å². The van der Waals surface area contributed by atoms with Gasteiger partial charge >= 0.3 is 0 Å². The second-order valence-corrected chi connectivity index (χ2v) is 5.19. The summed E-state index contributed by atoms with van der Waals surface area (Å²) in [6.45, 7) is 2.91. The van der Waals surface area contributed by atoms with Crippen molar-refractivity contribution in [3.05, 3.63) is 33.9 Å². The number of piperidine rings is 1. The van der Waals surface area contributed by atoms with Crippen LogP contribution in [0.2, 0.25) is 0 Å². The smallest absolute Gasteiger partial charge is 0.270 e. The van der Waals surface area contributed by atoms with Crippen molar-refractivity contribution in [2.24, 2.45) is 0 Å². The van der Waals surface area contributed by atoms with Crippen molar-refractivity contribution in [3.63, 3.8) is 0 Å². The zero-order chi connectivity index (χ0) is 15.4. The van der Waals surface area contributed by atoms with Crippen LogP contribution in [-0.2, 0) is 0 Å². The Morgan fingerprint density at radius 3 is 2.90 bits per heavy atom. The molecule has 7 nitrogen and oxygen atoms in total. The van der Waals surface area contributed by atoms with Crippen LogP contribution in [0.3, 0.4) is 0 Å². The molecule has 1 aromatic carbocycles. The van der Waals surface area contributed by atoms with Crippen LogP contribution in [0.25, 0.3) is 0 Å². The van der Waals surface area contributed by atoms with Crippen LogP contribution in [0.5, 0.6) is 5.75 Å². The summed E-state index contributed by atoms with van der Waals surface area (Å²) in [5, 5.41) is 17.1. The highest BCUT2D eigenvalue weighted by Gasteiger charge is 2.23. The first kappa shape index (κ1) is 15.2. The fourth-order valence-electron chi connectivity index (χ4n) is 2.51. The van der Waals surface area contributed by atoms with E-state index in [1.807, 2.05) is 0 Å². The normalized spacial score (nSPS) is 21.6. The van der Waals surface area contributed by atoms with E-state index in [1.54, 1.807) is 0 Å². The van der Waals surface area contributed by atoms with Crippen molar-refractivity contribution in [1.29, 1.82) is 0 Å². The highest BCUT2D eigenvalue weighted by molar-refractivity contribution is 5.97. The summed E-state index contributed by atoms with van der Waals surface area (Å²) in [6.07, 6.45) is 1.68. The third-order valence-corrected chi connectivity index (χ3v) is 3.60. The number of carbonyl (C=O) groups excluding carboxylic acids is 1. The van der Waals surface area contributed by atoms with Gasteiger partial charge in [-0.3, -0.25) is 14.9 Å². The highest BCUT2D eigenvalue weighted by atomic mass is 16.6. The quantitative estimate of drug-likeness (QED) is 0.647. The van der Waals surface area contributed by atoms with Crippen LogP contribution in [0.1, 0.15) is 30.1 Å².